The molecule has 0 amide bonds. The molecular weight excluding hydrogens is 190 g/mol. The Bertz CT molecular complexity index is 522. The van der Waals surface area contributed by atoms with Crippen LogP contribution in [-0.4, -0.2) is 13.6 Å². The zero-order valence-corrected chi connectivity index (χ0v) is 8.03. The van der Waals surface area contributed by atoms with Gasteiger partial charge in [-0.1, -0.05) is 24.3 Å². The van der Waals surface area contributed by atoms with Crippen LogP contribution < -0.4 is 0 Å². The minimum atomic E-state index is -0.320. The molecule has 0 bridgehead atoms. The molecule has 0 aliphatic heterocycles. The molecule has 2 aromatic carbocycles. The Balaban J connectivity index is 2.77. The average Bonchev–Trinajstić information content (AvgIpc) is 2.29. The first-order valence-corrected chi connectivity index (χ1v) is 4.64. The average molecular weight is 198 g/mol. The number of carbonyl (C=O) groups excluding carboxylic acids is 1. The lowest BCUT2D eigenvalue weighted by atomic mass is 9.92. The molecule has 0 atom stereocenters. The van der Waals surface area contributed by atoms with Gasteiger partial charge in [0.05, 0.1) is 7.85 Å². The van der Waals surface area contributed by atoms with Gasteiger partial charge in [-0.25, -0.2) is 4.39 Å². The van der Waals surface area contributed by atoms with Crippen molar-refractivity contribution >= 4 is 24.4 Å². The van der Waals surface area contributed by atoms with Crippen molar-refractivity contribution < 1.29 is 9.18 Å². The Morgan fingerprint density at radius 3 is 2.47 bits per heavy atom. The monoisotopic (exact) mass is 198 g/mol. The Morgan fingerprint density at radius 1 is 1.13 bits per heavy atom. The highest BCUT2D eigenvalue weighted by molar-refractivity contribution is 6.26. The normalized spacial score (nSPS) is 10.5. The van der Waals surface area contributed by atoms with E-state index in [1.165, 1.54) is 12.1 Å². The van der Waals surface area contributed by atoms with Gasteiger partial charge in [0, 0.05) is 10.9 Å². The molecule has 2 aromatic rings. The zero-order chi connectivity index (χ0) is 10.8. The molecule has 0 unspecified atom stereocenters. The van der Waals surface area contributed by atoms with E-state index in [4.69, 9.17) is 7.85 Å². The first-order valence-electron chi connectivity index (χ1n) is 4.64. The van der Waals surface area contributed by atoms with Crippen LogP contribution >= 0.6 is 0 Å². The van der Waals surface area contributed by atoms with Crippen LogP contribution in [0.15, 0.2) is 36.4 Å². The number of hydrogen-bond acceptors (Lipinski definition) is 1. The first kappa shape index (κ1) is 9.90. The standard InChI is InChI=1S/C12H8BFO/c13-7-12(15)10-5-6-11(14)9-4-2-1-3-8(9)10/h1-6H,7H2. The van der Waals surface area contributed by atoms with Crippen LogP contribution in [0.1, 0.15) is 10.4 Å². The van der Waals surface area contributed by atoms with Crippen molar-refractivity contribution in [2.24, 2.45) is 0 Å². The predicted octanol–water partition coefficient (Wildman–Crippen LogP) is 2.75. The van der Waals surface area contributed by atoms with E-state index in [9.17, 15) is 9.18 Å². The van der Waals surface area contributed by atoms with Crippen molar-refractivity contribution in [3.05, 3.63) is 47.8 Å². The van der Waals surface area contributed by atoms with Gasteiger partial charge >= 0.3 is 0 Å². The molecule has 72 valence electrons. The molecule has 0 aliphatic carbocycles. The summed E-state index contributed by atoms with van der Waals surface area (Å²) in [5.74, 6) is -0.495. The van der Waals surface area contributed by atoms with Crippen LogP contribution in [0, 0.1) is 5.82 Å². The van der Waals surface area contributed by atoms with Crippen molar-refractivity contribution in [3.63, 3.8) is 0 Å². The van der Waals surface area contributed by atoms with Crippen LogP contribution in [-0.2, 0) is 0 Å². The van der Waals surface area contributed by atoms with Crippen LogP contribution in [0.2, 0.25) is 6.32 Å². The second kappa shape index (κ2) is 3.85. The number of Topliss-reactive ketones (excluding diaryl/α,β-unsaturated/α-hetero) is 1. The minimum absolute atomic E-state index is 0.0599. The van der Waals surface area contributed by atoms with Crippen molar-refractivity contribution in [1.29, 1.82) is 0 Å². The molecule has 0 saturated carbocycles. The zero-order valence-electron chi connectivity index (χ0n) is 8.03. The molecule has 0 fully saturated rings. The maximum absolute atomic E-state index is 13.4. The van der Waals surface area contributed by atoms with Crippen LogP contribution in [0.4, 0.5) is 4.39 Å². The van der Waals surface area contributed by atoms with Gasteiger partial charge in [0.2, 0.25) is 0 Å². The number of rotatable bonds is 2. The third-order valence-electron chi connectivity index (χ3n) is 2.36. The molecule has 0 aromatic heterocycles. The number of fused-ring (bicyclic) bond motifs is 1. The molecule has 2 rings (SSSR count). The molecule has 2 radical (unpaired) electrons. The summed E-state index contributed by atoms with van der Waals surface area (Å²) in [6.07, 6.45) is -0.0599. The molecule has 0 spiro atoms. The number of ketones is 1. The Hall–Kier alpha value is -1.64. The lowest BCUT2D eigenvalue weighted by Gasteiger charge is -2.05. The molecular formula is C12H8BFO. The summed E-state index contributed by atoms with van der Waals surface area (Å²) >= 11 is 0. The first-order chi connectivity index (χ1) is 7.24. The number of carbonyl (C=O) groups is 1. The molecule has 3 heteroatoms. The Labute approximate surface area is 88.3 Å². The number of hydrogen-bond donors (Lipinski definition) is 0. The molecule has 0 N–H and O–H groups in total. The van der Waals surface area contributed by atoms with Crippen molar-refractivity contribution in [2.75, 3.05) is 0 Å². The lowest BCUT2D eigenvalue weighted by Crippen LogP contribution is -1.99. The SMILES string of the molecule is [B]CC(=O)c1ccc(F)c2ccccc12. The third kappa shape index (κ3) is 1.65. The maximum Gasteiger partial charge on any atom is 0.154 e. The van der Waals surface area contributed by atoms with Crippen molar-refractivity contribution in [1.82, 2.24) is 0 Å². The number of benzene rings is 2. The van der Waals surface area contributed by atoms with E-state index in [0.717, 1.165) is 0 Å². The fourth-order valence-electron chi connectivity index (χ4n) is 1.62. The summed E-state index contributed by atoms with van der Waals surface area (Å²) < 4.78 is 13.4. The Kier molecular flexibility index (Phi) is 2.54. The van der Waals surface area contributed by atoms with E-state index < -0.39 is 0 Å². The highest BCUT2D eigenvalue weighted by atomic mass is 19.1. The smallest absolute Gasteiger partial charge is 0.154 e. The van der Waals surface area contributed by atoms with Gasteiger partial charge in [0.25, 0.3) is 0 Å². The van der Waals surface area contributed by atoms with E-state index in [-0.39, 0.29) is 17.9 Å². The lowest BCUT2D eigenvalue weighted by molar-refractivity contribution is 0.101. The molecule has 1 nitrogen and oxygen atoms in total. The van der Waals surface area contributed by atoms with Crippen molar-refractivity contribution in [3.8, 4) is 0 Å². The fraction of sp³-hybridized carbons (Fsp3) is 0.0833. The van der Waals surface area contributed by atoms with Crippen LogP contribution in [0.3, 0.4) is 0 Å². The van der Waals surface area contributed by atoms with E-state index in [0.29, 0.717) is 16.3 Å². The van der Waals surface area contributed by atoms with Gasteiger partial charge in [0.15, 0.2) is 5.78 Å². The van der Waals surface area contributed by atoms with Gasteiger partial charge in [-0.3, -0.25) is 4.79 Å². The third-order valence-corrected chi connectivity index (χ3v) is 2.36. The highest BCUT2D eigenvalue weighted by Gasteiger charge is 2.09. The second-order valence-electron chi connectivity index (χ2n) is 3.27. The van der Waals surface area contributed by atoms with Crippen LogP contribution in [0.5, 0.6) is 0 Å². The van der Waals surface area contributed by atoms with Crippen LogP contribution in [0.25, 0.3) is 10.8 Å². The highest BCUT2D eigenvalue weighted by Crippen LogP contribution is 2.22. The van der Waals surface area contributed by atoms with Crippen molar-refractivity contribution in [2.45, 2.75) is 6.32 Å². The molecule has 15 heavy (non-hydrogen) atoms. The van der Waals surface area contributed by atoms with E-state index in [1.54, 1.807) is 24.3 Å². The van der Waals surface area contributed by atoms with E-state index in [2.05, 4.69) is 0 Å². The second-order valence-corrected chi connectivity index (χ2v) is 3.27. The largest absolute Gasteiger partial charge is 0.295 e. The number of halogens is 1. The topological polar surface area (TPSA) is 17.1 Å². The van der Waals surface area contributed by atoms with E-state index in [1.807, 2.05) is 0 Å². The molecule has 0 heterocycles. The van der Waals surface area contributed by atoms with E-state index >= 15 is 0 Å². The fourth-order valence-corrected chi connectivity index (χ4v) is 1.62. The van der Waals surface area contributed by atoms with Gasteiger partial charge in [-0.2, -0.15) is 0 Å². The maximum atomic E-state index is 13.4. The summed E-state index contributed by atoms with van der Waals surface area (Å²) in [6.45, 7) is 0. The summed E-state index contributed by atoms with van der Waals surface area (Å²) in [5, 5.41) is 1.07. The Morgan fingerprint density at radius 2 is 1.80 bits per heavy atom. The van der Waals surface area contributed by atoms with Gasteiger partial charge in [-0.15, -0.1) is 0 Å². The predicted molar refractivity (Wildman–Crippen MR) is 58.8 cm³/mol. The molecule has 0 aliphatic rings. The summed E-state index contributed by atoms with van der Waals surface area (Å²) in [4.78, 5) is 11.5. The summed E-state index contributed by atoms with van der Waals surface area (Å²) in [5.41, 5.74) is 0.481. The van der Waals surface area contributed by atoms with Gasteiger partial charge in [0.1, 0.15) is 5.82 Å². The summed E-state index contributed by atoms with van der Waals surface area (Å²) in [6, 6.07) is 9.66. The quantitative estimate of drug-likeness (QED) is 0.535. The summed E-state index contributed by atoms with van der Waals surface area (Å²) in [7, 11) is 5.29. The minimum Gasteiger partial charge on any atom is -0.295 e. The van der Waals surface area contributed by atoms with Gasteiger partial charge in [-0.05, 0) is 23.8 Å². The van der Waals surface area contributed by atoms with Gasteiger partial charge < -0.3 is 0 Å². The molecule has 0 saturated heterocycles.